The second-order valence-corrected chi connectivity index (χ2v) is 4.46. The maximum absolute atomic E-state index is 10.7. The van der Waals surface area contributed by atoms with E-state index in [9.17, 15) is 10.1 Å². The van der Waals surface area contributed by atoms with E-state index >= 15 is 0 Å². The molecule has 0 spiro atoms. The Hall–Kier alpha value is -2.76. The lowest BCUT2D eigenvalue weighted by Crippen LogP contribution is -2.20. The lowest BCUT2D eigenvalue weighted by molar-refractivity contribution is -0.384. The van der Waals surface area contributed by atoms with Gasteiger partial charge < -0.3 is 0 Å². The highest BCUT2D eigenvalue weighted by molar-refractivity contribution is 5.49. The zero-order valence-corrected chi connectivity index (χ0v) is 10.6. The van der Waals surface area contributed by atoms with Gasteiger partial charge in [-0.3, -0.25) is 10.1 Å². The Bertz CT molecular complexity index is 640. The molecule has 6 heteroatoms. The fourth-order valence-corrected chi connectivity index (χ4v) is 2.20. The maximum Gasteiger partial charge on any atom is 0.269 e. The predicted molar refractivity (Wildman–Crippen MR) is 74.5 cm³/mol. The van der Waals surface area contributed by atoms with Crippen LogP contribution in [0.2, 0.25) is 0 Å². The van der Waals surface area contributed by atoms with E-state index in [1.54, 1.807) is 12.1 Å². The molecule has 0 saturated heterocycles. The number of nitro benzene ring substituents is 1. The lowest BCUT2D eigenvalue weighted by Gasteiger charge is -2.21. The molecule has 0 aromatic heterocycles. The van der Waals surface area contributed by atoms with Crippen molar-refractivity contribution in [3.8, 4) is 0 Å². The smallest absolute Gasteiger partial charge is 0.258 e. The number of rotatable bonds is 3. The fourth-order valence-electron chi connectivity index (χ4n) is 2.20. The van der Waals surface area contributed by atoms with E-state index in [4.69, 9.17) is 0 Å². The highest BCUT2D eigenvalue weighted by atomic mass is 16.6. The molecule has 0 N–H and O–H groups in total. The average Bonchev–Trinajstić information content (AvgIpc) is 2.97. The molecule has 1 unspecified atom stereocenters. The molecule has 1 atom stereocenters. The monoisotopic (exact) mass is 268 g/mol. The highest BCUT2D eigenvalue weighted by Crippen LogP contribution is 2.32. The van der Waals surface area contributed by atoms with Gasteiger partial charge >= 0.3 is 0 Å². The Morgan fingerprint density at radius 3 is 2.45 bits per heavy atom. The molecule has 2 aromatic carbocycles. The van der Waals surface area contributed by atoms with Gasteiger partial charge in [0.1, 0.15) is 6.04 Å². The Balaban J connectivity index is 1.88. The van der Waals surface area contributed by atoms with Gasteiger partial charge in [-0.15, -0.1) is 0 Å². The molecule has 0 aliphatic carbocycles. The summed E-state index contributed by atoms with van der Waals surface area (Å²) >= 11 is 0. The van der Waals surface area contributed by atoms with Crippen LogP contribution in [0.4, 0.5) is 11.4 Å². The standard InChI is InChI=1S/C14H12N4O2/c19-18(20)13-8-6-11(7-9-13)14-10-15-16-17(14)12-4-2-1-3-5-12/h1-9,14H,10H2. The zero-order valence-electron chi connectivity index (χ0n) is 10.6. The normalized spacial score (nSPS) is 17.4. The van der Waals surface area contributed by atoms with E-state index in [1.165, 1.54) is 12.1 Å². The summed E-state index contributed by atoms with van der Waals surface area (Å²) in [4.78, 5) is 10.3. The second-order valence-electron chi connectivity index (χ2n) is 4.46. The highest BCUT2D eigenvalue weighted by Gasteiger charge is 2.25. The van der Waals surface area contributed by atoms with Crippen LogP contribution >= 0.6 is 0 Å². The zero-order chi connectivity index (χ0) is 13.9. The van der Waals surface area contributed by atoms with Crippen molar-refractivity contribution < 1.29 is 4.92 Å². The van der Waals surface area contributed by atoms with Crippen LogP contribution in [0.1, 0.15) is 11.6 Å². The largest absolute Gasteiger partial charge is 0.269 e. The third-order valence-corrected chi connectivity index (χ3v) is 3.22. The number of nitro groups is 1. The molecule has 1 aliphatic heterocycles. The summed E-state index contributed by atoms with van der Waals surface area (Å²) in [7, 11) is 0. The molecule has 0 amide bonds. The molecular formula is C14H12N4O2. The number of para-hydroxylation sites is 1. The van der Waals surface area contributed by atoms with Crippen molar-refractivity contribution in [1.29, 1.82) is 0 Å². The first-order valence-corrected chi connectivity index (χ1v) is 6.22. The van der Waals surface area contributed by atoms with E-state index in [0.717, 1.165) is 11.3 Å². The van der Waals surface area contributed by atoms with Gasteiger partial charge in [-0.1, -0.05) is 23.4 Å². The van der Waals surface area contributed by atoms with Crippen LogP contribution in [0.15, 0.2) is 64.9 Å². The third-order valence-electron chi connectivity index (χ3n) is 3.22. The summed E-state index contributed by atoms with van der Waals surface area (Å²) in [5.74, 6) is 0. The number of non-ortho nitro benzene ring substituents is 1. The molecule has 100 valence electrons. The summed E-state index contributed by atoms with van der Waals surface area (Å²) in [5.41, 5.74) is 2.01. The van der Waals surface area contributed by atoms with Crippen molar-refractivity contribution in [1.82, 2.24) is 0 Å². The van der Waals surface area contributed by atoms with Crippen molar-refractivity contribution in [3.05, 3.63) is 70.3 Å². The summed E-state index contributed by atoms with van der Waals surface area (Å²) in [6.45, 7) is 0.548. The Kier molecular flexibility index (Phi) is 3.12. The van der Waals surface area contributed by atoms with Crippen molar-refractivity contribution in [2.24, 2.45) is 10.3 Å². The number of hydrogen-bond donors (Lipinski definition) is 0. The van der Waals surface area contributed by atoms with Crippen LogP contribution in [0, 0.1) is 10.1 Å². The predicted octanol–water partition coefficient (Wildman–Crippen LogP) is 3.52. The van der Waals surface area contributed by atoms with E-state index < -0.39 is 4.92 Å². The summed E-state index contributed by atoms with van der Waals surface area (Å²) in [5, 5.41) is 20.7. The molecule has 2 aromatic rings. The molecule has 0 radical (unpaired) electrons. The molecular weight excluding hydrogens is 256 g/mol. The first-order valence-electron chi connectivity index (χ1n) is 6.22. The summed E-state index contributed by atoms with van der Waals surface area (Å²) < 4.78 is 0. The minimum absolute atomic E-state index is 0.0156. The van der Waals surface area contributed by atoms with Gasteiger partial charge in [0.05, 0.1) is 17.2 Å². The lowest BCUT2D eigenvalue weighted by atomic mass is 10.1. The Labute approximate surface area is 115 Å². The molecule has 1 aliphatic rings. The Morgan fingerprint density at radius 2 is 1.80 bits per heavy atom. The third kappa shape index (κ3) is 2.23. The number of hydrogen-bond acceptors (Lipinski definition) is 5. The number of nitrogens with zero attached hydrogens (tertiary/aromatic N) is 4. The molecule has 3 rings (SSSR count). The van der Waals surface area contributed by atoms with Gasteiger partial charge in [0.25, 0.3) is 5.69 Å². The van der Waals surface area contributed by atoms with Gasteiger partial charge in [-0.2, -0.15) is 5.11 Å². The minimum Gasteiger partial charge on any atom is -0.258 e. The van der Waals surface area contributed by atoms with E-state index in [2.05, 4.69) is 10.3 Å². The van der Waals surface area contributed by atoms with Crippen LogP contribution in [-0.4, -0.2) is 11.5 Å². The first-order chi connectivity index (χ1) is 9.75. The van der Waals surface area contributed by atoms with Crippen LogP contribution in [-0.2, 0) is 0 Å². The Morgan fingerprint density at radius 1 is 1.10 bits per heavy atom. The fraction of sp³-hybridized carbons (Fsp3) is 0.143. The second kappa shape index (κ2) is 5.08. The minimum atomic E-state index is -0.401. The van der Waals surface area contributed by atoms with Gasteiger partial charge in [0.2, 0.25) is 0 Å². The van der Waals surface area contributed by atoms with Crippen molar-refractivity contribution in [2.75, 3.05) is 11.6 Å². The maximum atomic E-state index is 10.7. The molecule has 20 heavy (non-hydrogen) atoms. The van der Waals surface area contributed by atoms with Gasteiger partial charge in [-0.25, -0.2) is 5.01 Å². The van der Waals surface area contributed by atoms with Crippen LogP contribution in [0.25, 0.3) is 0 Å². The topological polar surface area (TPSA) is 71.1 Å². The van der Waals surface area contributed by atoms with E-state index in [0.29, 0.717) is 6.54 Å². The van der Waals surface area contributed by atoms with Gasteiger partial charge in [0.15, 0.2) is 0 Å². The van der Waals surface area contributed by atoms with Gasteiger partial charge in [0, 0.05) is 12.1 Å². The molecule has 1 heterocycles. The van der Waals surface area contributed by atoms with Crippen molar-refractivity contribution >= 4 is 11.4 Å². The number of anilines is 1. The molecule has 0 bridgehead atoms. The van der Waals surface area contributed by atoms with E-state index in [1.807, 2.05) is 35.3 Å². The molecule has 6 nitrogen and oxygen atoms in total. The van der Waals surface area contributed by atoms with Crippen LogP contribution < -0.4 is 5.01 Å². The summed E-state index contributed by atoms with van der Waals surface area (Å²) in [6.07, 6.45) is 0. The van der Waals surface area contributed by atoms with Gasteiger partial charge in [-0.05, 0) is 29.8 Å². The average molecular weight is 268 g/mol. The quantitative estimate of drug-likeness (QED) is 0.631. The van der Waals surface area contributed by atoms with Crippen molar-refractivity contribution in [3.63, 3.8) is 0 Å². The van der Waals surface area contributed by atoms with Crippen LogP contribution in [0.5, 0.6) is 0 Å². The molecule has 0 fully saturated rings. The molecule has 0 saturated carbocycles. The van der Waals surface area contributed by atoms with Crippen LogP contribution in [0.3, 0.4) is 0 Å². The SMILES string of the molecule is O=[N+]([O-])c1ccc(C2CN=NN2c2ccccc2)cc1. The number of benzene rings is 2. The van der Waals surface area contributed by atoms with Crippen molar-refractivity contribution in [2.45, 2.75) is 6.04 Å². The first kappa shape index (κ1) is 12.3. The van der Waals surface area contributed by atoms with E-state index in [-0.39, 0.29) is 11.7 Å². The summed E-state index contributed by atoms with van der Waals surface area (Å²) in [6, 6.07) is 16.3.